The molecule has 0 aliphatic rings. The third-order valence-corrected chi connectivity index (χ3v) is 2.61. The number of carboxylic acid groups (broad SMARTS) is 1. The first-order chi connectivity index (χ1) is 9.04. The lowest BCUT2D eigenvalue weighted by Crippen LogP contribution is -2.47. The van der Waals surface area contributed by atoms with E-state index in [9.17, 15) is 9.59 Å². The molecule has 112 valence electrons. The van der Waals surface area contributed by atoms with Crippen molar-refractivity contribution in [1.82, 2.24) is 10.2 Å². The average molecular weight is 276 g/mol. The quantitative estimate of drug-likeness (QED) is 0.532. The lowest BCUT2D eigenvalue weighted by molar-refractivity contribution is -0.137. The van der Waals surface area contributed by atoms with Gasteiger partial charge in [-0.3, -0.25) is 4.79 Å². The summed E-state index contributed by atoms with van der Waals surface area (Å²) in [5.74, 6) is -0.940. The Bertz CT molecular complexity index is 273. The minimum atomic E-state index is -0.940. The second kappa shape index (κ2) is 10.6. The highest BCUT2D eigenvalue weighted by atomic mass is 16.5. The van der Waals surface area contributed by atoms with Crippen LogP contribution in [0.4, 0.5) is 4.79 Å². The molecule has 2 amide bonds. The highest BCUT2D eigenvalue weighted by Gasteiger charge is 2.19. The van der Waals surface area contributed by atoms with Crippen LogP contribution in [0, 0.1) is 0 Å². The van der Waals surface area contributed by atoms with Crippen LogP contribution in [0.1, 0.15) is 26.2 Å². The number of methoxy groups -OCH3 is 1. The first kappa shape index (κ1) is 17.7. The van der Waals surface area contributed by atoms with Gasteiger partial charge in [-0.05, 0) is 6.42 Å². The summed E-state index contributed by atoms with van der Waals surface area (Å²) >= 11 is 0. The van der Waals surface area contributed by atoms with Crippen molar-refractivity contribution in [2.24, 2.45) is 0 Å². The molecule has 1 atom stereocenters. The van der Waals surface area contributed by atoms with Crippen molar-refractivity contribution in [3.63, 3.8) is 0 Å². The lowest BCUT2D eigenvalue weighted by atomic mass is 10.1. The molecule has 0 aliphatic heterocycles. The van der Waals surface area contributed by atoms with E-state index in [1.54, 1.807) is 0 Å². The van der Waals surface area contributed by atoms with Crippen molar-refractivity contribution in [1.29, 1.82) is 0 Å². The number of aliphatic hydroxyl groups excluding tert-OH is 1. The molecule has 0 aliphatic carbocycles. The molecule has 0 spiro atoms. The Morgan fingerprint density at radius 2 is 2.05 bits per heavy atom. The van der Waals surface area contributed by atoms with Crippen LogP contribution in [0.5, 0.6) is 0 Å². The minimum Gasteiger partial charge on any atom is -0.481 e. The Morgan fingerprint density at radius 3 is 2.53 bits per heavy atom. The zero-order valence-corrected chi connectivity index (χ0v) is 11.6. The van der Waals surface area contributed by atoms with Gasteiger partial charge >= 0.3 is 12.0 Å². The third kappa shape index (κ3) is 8.39. The Kier molecular flexibility index (Phi) is 9.82. The summed E-state index contributed by atoms with van der Waals surface area (Å²) in [6.07, 6.45) is 1.29. The number of hydrogen-bond donors (Lipinski definition) is 3. The smallest absolute Gasteiger partial charge is 0.317 e. The van der Waals surface area contributed by atoms with Crippen LogP contribution in [-0.2, 0) is 9.53 Å². The van der Waals surface area contributed by atoms with E-state index in [-0.39, 0.29) is 25.6 Å². The molecule has 19 heavy (non-hydrogen) atoms. The molecule has 1 unspecified atom stereocenters. The fourth-order valence-corrected chi connectivity index (χ4v) is 1.69. The predicted molar refractivity (Wildman–Crippen MR) is 70.0 cm³/mol. The molecule has 7 heteroatoms. The number of carbonyl (C=O) groups is 2. The maximum Gasteiger partial charge on any atom is 0.317 e. The number of aliphatic carboxylic acids is 1. The number of urea groups is 1. The predicted octanol–water partition coefficient (Wildman–Crippen LogP) is 0.280. The van der Waals surface area contributed by atoms with E-state index >= 15 is 0 Å². The summed E-state index contributed by atoms with van der Waals surface area (Å²) in [5.41, 5.74) is 0. The first-order valence-electron chi connectivity index (χ1n) is 6.42. The normalized spacial score (nSPS) is 11.9. The maximum atomic E-state index is 12.0. The highest BCUT2D eigenvalue weighted by Crippen LogP contribution is 2.03. The van der Waals surface area contributed by atoms with E-state index < -0.39 is 12.0 Å². The Morgan fingerprint density at radius 1 is 1.37 bits per heavy atom. The van der Waals surface area contributed by atoms with Gasteiger partial charge in [-0.2, -0.15) is 0 Å². The van der Waals surface area contributed by atoms with Crippen molar-refractivity contribution < 1.29 is 24.5 Å². The molecular weight excluding hydrogens is 252 g/mol. The number of ether oxygens (including phenoxy) is 1. The number of nitrogens with one attached hydrogen (secondary N) is 1. The van der Waals surface area contributed by atoms with Crippen molar-refractivity contribution in [2.75, 3.05) is 33.4 Å². The van der Waals surface area contributed by atoms with Crippen molar-refractivity contribution >= 4 is 12.0 Å². The topological polar surface area (TPSA) is 99.1 Å². The summed E-state index contributed by atoms with van der Waals surface area (Å²) in [7, 11) is 1.53. The second-order valence-corrected chi connectivity index (χ2v) is 4.24. The number of hydrogen-bond acceptors (Lipinski definition) is 4. The summed E-state index contributed by atoms with van der Waals surface area (Å²) in [4.78, 5) is 24.1. The largest absolute Gasteiger partial charge is 0.481 e. The van der Waals surface area contributed by atoms with Gasteiger partial charge in [-0.1, -0.05) is 13.3 Å². The van der Waals surface area contributed by atoms with E-state index in [0.717, 1.165) is 6.42 Å². The number of nitrogens with zero attached hydrogens (tertiary/aromatic N) is 1. The van der Waals surface area contributed by atoms with Crippen LogP contribution in [0.3, 0.4) is 0 Å². The van der Waals surface area contributed by atoms with Crippen LogP contribution in [0.25, 0.3) is 0 Å². The van der Waals surface area contributed by atoms with Gasteiger partial charge in [0.15, 0.2) is 0 Å². The van der Waals surface area contributed by atoms with Gasteiger partial charge < -0.3 is 25.2 Å². The molecule has 0 aromatic carbocycles. The summed E-state index contributed by atoms with van der Waals surface area (Å²) in [6, 6.07) is -0.760. The second-order valence-electron chi connectivity index (χ2n) is 4.24. The van der Waals surface area contributed by atoms with Crippen LogP contribution in [-0.4, -0.2) is 66.6 Å². The van der Waals surface area contributed by atoms with Gasteiger partial charge in [0.1, 0.15) is 0 Å². The van der Waals surface area contributed by atoms with E-state index in [0.29, 0.717) is 19.6 Å². The molecule has 0 bridgehead atoms. The number of amides is 2. The van der Waals surface area contributed by atoms with Gasteiger partial charge in [-0.25, -0.2) is 4.79 Å². The summed E-state index contributed by atoms with van der Waals surface area (Å²) < 4.78 is 4.89. The molecule has 0 heterocycles. The van der Waals surface area contributed by atoms with Crippen LogP contribution >= 0.6 is 0 Å². The molecule has 0 aromatic heterocycles. The van der Waals surface area contributed by atoms with Gasteiger partial charge in [0.05, 0.1) is 19.6 Å². The van der Waals surface area contributed by atoms with E-state index in [1.807, 2.05) is 6.92 Å². The molecule has 3 N–H and O–H groups in total. The van der Waals surface area contributed by atoms with Crippen LogP contribution < -0.4 is 5.32 Å². The number of carboxylic acids is 1. The van der Waals surface area contributed by atoms with Crippen molar-refractivity contribution in [3.8, 4) is 0 Å². The van der Waals surface area contributed by atoms with E-state index in [1.165, 1.54) is 12.0 Å². The standard InChI is InChI=1S/C12H24N2O5/c1-3-4-10(9-11(16)17)13-12(18)14(5-7-15)6-8-19-2/h10,15H,3-9H2,1-2H3,(H,13,18)(H,16,17). The van der Waals surface area contributed by atoms with Crippen molar-refractivity contribution in [3.05, 3.63) is 0 Å². The van der Waals surface area contributed by atoms with Crippen LogP contribution in [0.15, 0.2) is 0 Å². The van der Waals surface area contributed by atoms with Gasteiger partial charge in [0.25, 0.3) is 0 Å². The molecule has 0 saturated carbocycles. The van der Waals surface area contributed by atoms with Gasteiger partial charge in [-0.15, -0.1) is 0 Å². The van der Waals surface area contributed by atoms with E-state index in [2.05, 4.69) is 5.32 Å². The van der Waals surface area contributed by atoms with Crippen LogP contribution in [0.2, 0.25) is 0 Å². The fraction of sp³-hybridized carbons (Fsp3) is 0.833. The zero-order valence-electron chi connectivity index (χ0n) is 11.6. The van der Waals surface area contributed by atoms with Gasteiger partial charge in [0.2, 0.25) is 0 Å². The Balaban J connectivity index is 4.41. The van der Waals surface area contributed by atoms with Gasteiger partial charge in [0, 0.05) is 26.2 Å². The monoisotopic (exact) mass is 276 g/mol. The Labute approximate surface area is 113 Å². The molecule has 0 aromatic rings. The molecule has 7 nitrogen and oxygen atoms in total. The first-order valence-corrected chi connectivity index (χ1v) is 6.42. The molecule has 0 fully saturated rings. The minimum absolute atomic E-state index is 0.100. The third-order valence-electron chi connectivity index (χ3n) is 2.61. The van der Waals surface area contributed by atoms with Crippen molar-refractivity contribution in [2.45, 2.75) is 32.2 Å². The maximum absolute atomic E-state index is 12.0. The molecular formula is C12H24N2O5. The highest BCUT2D eigenvalue weighted by molar-refractivity contribution is 5.76. The fourth-order valence-electron chi connectivity index (χ4n) is 1.69. The molecule has 0 rings (SSSR count). The zero-order chi connectivity index (χ0) is 14.7. The number of aliphatic hydroxyl groups is 1. The Hall–Kier alpha value is -1.34. The summed E-state index contributed by atoms with van der Waals surface area (Å²) in [5, 5.41) is 20.4. The molecule has 0 saturated heterocycles. The molecule has 0 radical (unpaired) electrons. The number of carbonyl (C=O) groups excluding carboxylic acids is 1. The number of rotatable bonds is 10. The average Bonchev–Trinajstić information content (AvgIpc) is 2.33. The van der Waals surface area contributed by atoms with E-state index in [4.69, 9.17) is 14.9 Å². The lowest BCUT2D eigenvalue weighted by Gasteiger charge is -2.25. The SMILES string of the molecule is CCCC(CC(=O)O)NC(=O)N(CCO)CCOC. The summed E-state index contributed by atoms with van der Waals surface area (Å²) in [6.45, 7) is 2.70.